The molecule has 0 radical (unpaired) electrons. The average molecular weight is 450 g/mol. The number of nitrogens with zero attached hydrogens (tertiary/aromatic N) is 5. The van der Waals surface area contributed by atoms with Gasteiger partial charge in [0.25, 0.3) is 0 Å². The fourth-order valence-electron chi connectivity index (χ4n) is 4.02. The first-order valence-corrected chi connectivity index (χ1v) is 11.1. The lowest BCUT2D eigenvalue weighted by Gasteiger charge is -2.25. The first-order chi connectivity index (χ1) is 16.0. The lowest BCUT2D eigenvalue weighted by Crippen LogP contribution is -2.37. The minimum atomic E-state index is -0.119. The molecule has 174 valence electrons. The zero-order valence-corrected chi connectivity index (χ0v) is 19.5. The van der Waals surface area contributed by atoms with Crippen molar-refractivity contribution in [1.29, 1.82) is 0 Å². The predicted octanol–water partition coefficient (Wildman–Crippen LogP) is 2.56. The van der Waals surface area contributed by atoms with E-state index in [2.05, 4.69) is 15.0 Å². The standard InChI is InChI=1S/C25H31N5O3/c1-19-22(12-27-28(19)2)14-29-15-24(33-18-21-5-4-10-26-11-21)16-30(25(31)17-29)13-20-6-8-23(32-3)9-7-20/h4-12,24H,13-18H2,1-3H3/t24-/m1/s1. The molecule has 3 aromatic rings. The van der Waals surface area contributed by atoms with Crippen LogP contribution in [-0.4, -0.2) is 63.3 Å². The van der Waals surface area contributed by atoms with Crippen molar-refractivity contribution in [2.24, 2.45) is 7.05 Å². The Morgan fingerprint density at radius 2 is 1.88 bits per heavy atom. The molecule has 1 saturated heterocycles. The fourth-order valence-corrected chi connectivity index (χ4v) is 4.02. The summed E-state index contributed by atoms with van der Waals surface area (Å²) in [7, 11) is 3.58. The first-order valence-electron chi connectivity index (χ1n) is 11.1. The number of hydrogen-bond acceptors (Lipinski definition) is 6. The Kier molecular flexibility index (Phi) is 7.36. The van der Waals surface area contributed by atoms with Gasteiger partial charge in [-0.2, -0.15) is 5.10 Å². The molecule has 1 aromatic carbocycles. The summed E-state index contributed by atoms with van der Waals surface area (Å²) >= 11 is 0. The van der Waals surface area contributed by atoms with Gasteiger partial charge in [-0.1, -0.05) is 18.2 Å². The minimum absolute atomic E-state index is 0.0971. The van der Waals surface area contributed by atoms with Crippen LogP contribution in [0.3, 0.4) is 0 Å². The highest BCUT2D eigenvalue weighted by molar-refractivity contribution is 5.78. The van der Waals surface area contributed by atoms with Crippen LogP contribution in [0, 0.1) is 6.92 Å². The smallest absolute Gasteiger partial charge is 0.237 e. The van der Waals surface area contributed by atoms with Crippen LogP contribution in [0.2, 0.25) is 0 Å². The maximum atomic E-state index is 13.2. The van der Waals surface area contributed by atoms with Gasteiger partial charge in [-0.25, -0.2) is 0 Å². The molecule has 33 heavy (non-hydrogen) atoms. The Labute approximate surface area is 194 Å². The fraction of sp³-hybridized carbons (Fsp3) is 0.400. The van der Waals surface area contributed by atoms with E-state index >= 15 is 0 Å². The highest BCUT2D eigenvalue weighted by Crippen LogP contribution is 2.18. The van der Waals surface area contributed by atoms with Gasteiger partial charge < -0.3 is 14.4 Å². The van der Waals surface area contributed by atoms with Crippen molar-refractivity contribution in [3.8, 4) is 5.75 Å². The Morgan fingerprint density at radius 1 is 1.06 bits per heavy atom. The number of carbonyl (C=O) groups is 1. The summed E-state index contributed by atoms with van der Waals surface area (Å²) in [5.74, 6) is 0.900. The molecule has 8 heteroatoms. The second-order valence-electron chi connectivity index (χ2n) is 8.47. The molecule has 0 unspecified atom stereocenters. The Morgan fingerprint density at radius 3 is 2.55 bits per heavy atom. The van der Waals surface area contributed by atoms with Crippen LogP contribution in [0.15, 0.2) is 55.0 Å². The van der Waals surface area contributed by atoms with Crippen molar-refractivity contribution < 1.29 is 14.3 Å². The first kappa shape index (κ1) is 22.9. The Bertz CT molecular complexity index is 1050. The molecular formula is C25H31N5O3. The van der Waals surface area contributed by atoms with Gasteiger partial charge in [0.2, 0.25) is 5.91 Å². The van der Waals surface area contributed by atoms with E-state index in [-0.39, 0.29) is 12.0 Å². The topological polar surface area (TPSA) is 72.7 Å². The van der Waals surface area contributed by atoms with E-state index in [1.165, 1.54) is 0 Å². The number of amides is 1. The van der Waals surface area contributed by atoms with Crippen LogP contribution < -0.4 is 4.74 Å². The molecule has 0 bridgehead atoms. The number of pyridine rings is 1. The van der Waals surface area contributed by atoms with Crippen molar-refractivity contribution in [3.05, 3.63) is 77.4 Å². The molecule has 1 aliphatic heterocycles. The normalized spacial score (nSPS) is 17.2. The van der Waals surface area contributed by atoms with Gasteiger partial charge in [-0.3, -0.25) is 19.4 Å². The molecule has 0 N–H and O–H groups in total. The number of ether oxygens (including phenoxy) is 2. The van der Waals surface area contributed by atoms with Crippen LogP contribution in [-0.2, 0) is 36.3 Å². The van der Waals surface area contributed by atoms with E-state index < -0.39 is 0 Å². The number of carbonyl (C=O) groups excluding carboxylic acids is 1. The van der Waals surface area contributed by atoms with Gasteiger partial charge in [0, 0.05) is 56.9 Å². The second-order valence-corrected chi connectivity index (χ2v) is 8.47. The summed E-state index contributed by atoms with van der Waals surface area (Å²) < 4.78 is 13.4. The number of rotatable bonds is 8. The maximum absolute atomic E-state index is 13.2. The molecule has 8 nitrogen and oxygen atoms in total. The third-order valence-corrected chi connectivity index (χ3v) is 6.07. The molecule has 0 saturated carbocycles. The molecule has 2 aromatic heterocycles. The number of hydrogen-bond donors (Lipinski definition) is 0. The molecule has 4 rings (SSSR count). The van der Waals surface area contributed by atoms with Gasteiger partial charge in [0.15, 0.2) is 0 Å². The van der Waals surface area contributed by atoms with Gasteiger partial charge in [-0.05, 0) is 36.2 Å². The van der Waals surface area contributed by atoms with Crippen LogP contribution in [0.1, 0.15) is 22.4 Å². The molecule has 3 heterocycles. The minimum Gasteiger partial charge on any atom is -0.497 e. The molecule has 1 atom stereocenters. The van der Waals surface area contributed by atoms with Gasteiger partial charge in [-0.15, -0.1) is 0 Å². The number of benzene rings is 1. The van der Waals surface area contributed by atoms with Crippen molar-refractivity contribution >= 4 is 5.91 Å². The van der Waals surface area contributed by atoms with E-state index in [1.54, 1.807) is 13.3 Å². The monoisotopic (exact) mass is 449 g/mol. The Balaban J connectivity index is 1.49. The van der Waals surface area contributed by atoms with Crippen LogP contribution >= 0.6 is 0 Å². The second kappa shape index (κ2) is 10.6. The number of methoxy groups -OCH3 is 1. The van der Waals surface area contributed by atoms with E-state index in [0.29, 0.717) is 39.3 Å². The highest BCUT2D eigenvalue weighted by Gasteiger charge is 2.29. The van der Waals surface area contributed by atoms with Gasteiger partial charge >= 0.3 is 0 Å². The molecule has 1 fully saturated rings. The average Bonchev–Trinajstić information content (AvgIpc) is 3.06. The van der Waals surface area contributed by atoms with E-state index in [1.807, 2.05) is 72.3 Å². The summed E-state index contributed by atoms with van der Waals surface area (Å²) in [6.07, 6.45) is 5.33. The number of aryl methyl sites for hydroxylation is 1. The van der Waals surface area contributed by atoms with E-state index in [4.69, 9.17) is 9.47 Å². The maximum Gasteiger partial charge on any atom is 0.237 e. The summed E-state index contributed by atoms with van der Waals surface area (Å²) in [6.45, 7) is 5.26. The van der Waals surface area contributed by atoms with Gasteiger partial charge in [0.1, 0.15) is 5.75 Å². The largest absolute Gasteiger partial charge is 0.497 e. The summed E-state index contributed by atoms with van der Waals surface area (Å²) in [4.78, 5) is 21.5. The van der Waals surface area contributed by atoms with E-state index in [9.17, 15) is 4.79 Å². The van der Waals surface area contributed by atoms with Crippen molar-refractivity contribution in [2.75, 3.05) is 26.7 Å². The zero-order valence-electron chi connectivity index (χ0n) is 19.5. The highest BCUT2D eigenvalue weighted by atomic mass is 16.5. The quantitative estimate of drug-likeness (QED) is 0.526. The lowest BCUT2D eigenvalue weighted by atomic mass is 10.2. The summed E-state index contributed by atoms with van der Waals surface area (Å²) in [5.41, 5.74) is 4.31. The summed E-state index contributed by atoms with van der Waals surface area (Å²) in [6, 6.07) is 11.7. The number of aromatic nitrogens is 3. The molecule has 0 spiro atoms. The Hall–Kier alpha value is -3.23. The van der Waals surface area contributed by atoms with Crippen LogP contribution in [0.5, 0.6) is 5.75 Å². The molecule has 0 aliphatic carbocycles. The van der Waals surface area contributed by atoms with E-state index in [0.717, 1.165) is 28.1 Å². The van der Waals surface area contributed by atoms with Crippen LogP contribution in [0.4, 0.5) is 0 Å². The van der Waals surface area contributed by atoms with Crippen molar-refractivity contribution in [3.63, 3.8) is 0 Å². The lowest BCUT2D eigenvalue weighted by molar-refractivity contribution is -0.132. The SMILES string of the molecule is COc1ccc(CN2C[C@H](OCc3cccnc3)CN(Cc3cnn(C)c3C)CC2=O)cc1. The third kappa shape index (κ3) is 5.97. The molecule has 1 aliphatic rings. The summed E-state index contributed by atoms with van der Waals surface area (Å²) in [5, 5.41) is 4.35. The molecule has 1 amide bonds. The third-order valence-electron chi connectivity index (χ3n) is 6.07. The zero-order chi connectivity index (χ0) is 23.2. The van der Waals surface area contributed by atoms with Crippen LogP contribution in [0.25, 0.3) is 0 Å². The van der Waals surface area contributed by atoms with Crippen molar-refractivity contribution in [2.45, 2.75) is 32.7 Å². The van der Waals surface area contributed by atoms with Crippen molar-refractivity contribution in [1.82, 2.24) is 24.6 Å². The predicted molar refractivity (Wildman–Crippen MR) is 124 cm³/mol. The molecular weight excluding hydrogens is 418 g/mol. The van der Waals surface area contributed by atoms with Gasteiger partial charge in [0.05, 0.1) is 32.6 Å².